The van der Waals surface area contributed by atoms with E-state index in [-0.39, 0.29) is 24.7 Å². The number of aromatic nitrogens is 2. The van der Waals surface area contributed by atoms with Crippen LogP contribution in [0.2, 0.25) is 0 Å². The van der Waals surface area contributed by atoms with E-state index >= 15 is 0 Å². The Morgan fingerprint density at radius 2 is 2.00 bits per heavy atom. The maximum atomic E-state index is 13.0. The number of nitrogens with two attached hydrogens (primary N) is 1. The van der Waals surface area contributed by atoms with Crippen molar-refractivity contribution in [2.24, 2.45) is 12.2 Å². The normalized spacial score (nSPS) is 17.1. The molecule has 0 atom stereocenters. The van der Waals surface area contributed by atoms with Crippen molar-refractivity contribution in [1.82, 2.24) is 20.0 Å². The summed E-state index contributed by atoms with van der Waals surface area (Å²) in [7, 11) is -2.16. The number of fused-ring (bicyclic) bond motifs is 1. The Hall–Kier alpha value is -3.23. The molecule has 0 unspecified atom stereocenters. The molecule has 2 amide bonds. The van der Waals surface area contributed by atoms with Crippen LogP contribution in [0.4, 0.5) is 0 Å². The van der Waals surface area contributed by atoms with Crippen molar-refractivity contribution >= 4 is 21.8 Å². The zero-order valence-electron chi connectivity index (χ0n) is 17.0. The minimum Gasteiger partial charge on any atom is -0.347 e. The van der Waals surface area contributed by atoms with Crippen molar-refractivity contribution in [2.45, 2.75) is 30.6 Å². The van der Waals surface area contributed by atoms with Crippen molar-refractivity contribution in [3.05, 3.63) is 52.3 Å². The van der Waals surface area contributed by atoms with Gasteiger partial charge in [0, 0.05) is 32.2 Å². The van der Waals surface area contributed by atoms with Gasteiger partial charge in [-0.1, -0.05) is 12.1 Å². The van der Waals surface area contributed by atoms with Crippen LogP contribution in [-0.2, 0) is 30.0 Å². The number of sulfonamides is 1. The molecule has 3 N–H and O–H groups in total. The first-order valence-electron chi connectivity index (χ1n) is 9.80. The van der Waals surface area contributed by atoms with E-state index in [4.69, 9.17) is 10.4 Å². The van der Waals surface area contributed by atoms with Gasteiger partial charge in [-0.2, -0.15) is 10.4 Å². The van der Waals surface area contributed by atoms with Crippen LogP contribution in [0.3, 0.4) is 0 Å². The molecule has 31 heavy (non-hydrogen) atoms. The van der Waals surface area contributed by atoms with Crippen LogP contribution in [0.1, 0.15) is 50.5 Å². The molecule has 11 heteroatoms. The van der Waals surface area contributed by atoms with Crippen molar-refractivity contribution in [3.63, 3.8) is 0 Å². The van der Waals surface area contributed by atoms with Gasteiger partial charge in [-0.3, -0.25) is 14.3 Å². The zero-order valence-corrected chi connectivity index (χ0v) is 17.8. The van der Waals surface area contributed by atoms with Gasteiger partial charge >= 0.3 is 0 Å². The van der Waals surface area contributed by atoms with Crippen LogP contribution in [-0.4, -0.2) is 52.7 Å². The highest BCUT2D eigenvalue weighted by atomic mass is 32.2. The van der Waals surface area contributed by atoms with Gasteiger partial charge < -0.3 is 10.2 Å². The maximum absolute atomic E-state index is 13.0. The number of rotatable bonds is 6. The number of carbonyl (C=O) groups is 2. The predicted molar refractivity (Wildman–Crippen MR) is 110 cm³/mol. The van der Waals surface area contributed by atoms with E-state index < -0.39 is 20.7 Å². The van der Waals surface area contributed by atoms with Crippen molar-refractivity contribution in [1.29, 1.82) is 5.26 Å². The van der Waals surface area contributed by atoms with Gasteiger partial charge in [-0.05, 0) is 37.0 Å². The lowest BCUT2D eigenvalue weighted by molar-refractivity contribution is 0.0724. The molecule has 162 valence electrons. The first-order valence-corrected chi connectivity index (χ1v) is 11.3. The van der Waals surface area contributed by atoms with Crippen LogP contribution in [0.5, 0.6) is 0 Å². The molecule has 1 aromatic heterocycles. The molecule has 2 aromatic rings. The molecule has 0 radical (unpaired) electrons. The highest BCUT2D eigenvalue weighted by Gasteiger charge is 2.55. The van der Waals surface area contributed by atoms with Gasteiger partial charge in [-0.15, -0.1) is 0 Å². The number of amides is 2. The lowest BCUT2D eigenvalue weighted by Crippen LogP contribution is -2.47. The van der Waals surface area contributed by atoms with E-state index in [1.54, 1.807) is 31.3 Å². The third-order valence-electron chi connectivity index (χ3n) is 5.91. The first kappa shape index (κ1) is 21.0. The molecule has 2 heterocycles. The second-order valence-electron chi connectivity index (χ2n) is 8.00. The number of primary sulfonamides is 1. The van der Waals surface area contributed by atoms with Gasteiger partial charge in [0.1, 0.15) is 10.4 Å². The Morgan fingerprint density at radius 1 is 1.32 bits per heavy atom. The highest BCUT2D eigenvalue weighted by molar-refractivity contribution is 7.90. The Balaban J connectivity index is 1.49. The zero-order chi connectivity index (χ0) is 22.4. The summed E-state index contributed by atoms with van der Waals surface area (Å²) in [5.74, 6) is -0.747. The largest absolute Gasteiger partial charge is 0.347 e. The van der Waals surface area contributed by atoms with Crippen molar-refractivity contribution in [3.8, 4) is 6.07 Å². The smallest absolute Gasteiger partial charge is 0.272 e. The standard InChI is InChI=1S/C20H22N6O4S/c1-25-17-15(6-9-26(19(17)28)12-20(7-8-20)31(22,29)30)16(24-25)18(27)23-11-14-4-2-13(10-21)3-5-14/h2-5H,6-9,11-12H2,1H3,(H,23,27)(H2,22,29,30). The van der Waals surface area contributed by atoms with Crippen LogP contribution in [0.25, 0.3) is 0 Å². The lowest BCUT2D eigenvalue weighted by atomic mass is 10.0. The summed E-state index contributed by atoms with van der Waals surface area (Å²) in [6, 6.07) is 8.90. The minimum absolute atomic E-state index is 0.0511. The Labute approximate surface area is 179 Å². The maximum Gasteiger partial charge on any atom is 0.272 e. The number of hydrogen-bond acceptors (Lipinski definition) is 6. The third-order valence-corrected chi connectivity index (χ3v) is 7.65. The summed E-state index contributed by atoms with van der Waals surface area (Å²) < 4.78 is 24.1. The van der Waals surface area contributed by atoms with E-state index in [1.165, 1.54) is 9.58 Å². The minimum atomic E-state index is -3.75. The van der Waals surface area contributed by atoms with Crippen LogP contribution < -0.4 is 10.5 Å². The average molecular weight is 443 g/mol. The predicted octanol–water partition coefficient (Wildman–Crippen LogP) is 0.0412. The average Bonchev–Trinajstić information content (AvgIpc) is 3.45. The SMILES string of the molecule is Cn1nc(C(=O)NCc2ccc(C#N)cc2)c2c1C(=O)N(CC1(S(N)(=O)=O)CC1)CC2. The summed E-state index contributed by atoms with van der Waals surface area (Å²) in [5, 5.41) is 21.3. The topological polar surface area (TPSA) is 151 Å². The summed E-state index contributed by atoms with van der Waals surface area (Å²) in [6.07, 6.45) is 1.28. The summed E-state index contributed by atoms with van der Waals surface area (Å²) in [6.45, 7) is 0.604. The fourth-order valence-corrected chi connectivity index (χ4v) is 4.89. The number of carbonyl (C=O) groups excluding carboxylic acids is 2. The van der Waals surface area contributed by atoms with Crippen LogP contribution in [0, 0.1) is 11.3 Å². The molecular weight excluding hydrogens is 420 g/mol. The fourth-order valence-electron chi connectivity index (χ4n) is 3.89. The van der Waals surface area contributed by atoms with Crippen molar-refractivity contribution < 1.29 is 18.0 Å². The monoisotopic (exact) mass is 442 g/mol. The van der Waals surface area contributed by atoms with Crippen molar-refractivity contribution in [2.75, 3.05) is 13.1 Å². The second kappa shape index (κ2) is 7.47. The molecule has 2 aliphatic rings. The first-order chi connectivity index (χ1) is 14.6. The molecule has 1 aromatic carbocycles. The molecule has 4 rings (SSSR count). The highest BCUT2D eigenvalue weighted by Crippen LogP contribution is 2.43. The number of benzene rings is 1. The number of hydrogen-bond donors (Lipinski definition) is 2. The van der Waals surface area contributed by atoms with E-state index in [0.29, 0.717) is 42.6 Å². The third kappa shape index (κ3) is 3.80. The van der Waals surface area contributed by atoms with Crippen LogP contribution in [0.15, 0.2) is 24.3 Å². The number of nitrogens with zero attached hydrogens (tertiary/aromatic N) is 4. The van der Waals surface area contributed by atoms with Gasteiger partial charge in [0.05, 0.1) is 11.6 Å². The molecule has 1 aliphatic carbocycles. The molecule has 0 spiro atoms. The quantitative estimate of drug-likeness (QED) is 0.645. The van der Waals surface area contributed by atoms with Crippen LogP contribution >= 0.6 is 0 Å². The fraction of sp³-hybridized carbons (Fsp3) is 0.400. The summed E-state index contributed by atoms with van der Waals surface area (Å²) in [5.41, 5.74) is 2.40. The van der Waals surface area contributed by atoms with E-state index in [1.807, 2.05) is 6.07 Å². The van der Waals surface area contributed by atoms with Gasteiger partial charge in [-0.25, -0.2) is 13.6 Å². The Morgan fingerprint density at radius 3 is 2.58 bits per heavy atom. The van der Waals surface area contributed by atoms with E-state index in [9.17, 15) is 18.0 Å². The second-order valence-corrected chi connectivity index (χ2v) is 9.95. The van der Waals surface area contributed by atoms with Gasteiger partial charge in [0.15, 0.2) is 5.69 Å². The lowest BCUT2D eigenvalue weighted by Gasteiger charge is -2.30. The molecular formula is C20H22N6O4S. The van der Waals surface area contributed by atoms with Gasteiger partial charge in [0.25, 0.3) is 11.8 Å². The number of nitrogens with one attached hydrogen (secondary N) is 1. The molecule has 0 bridgehead atoms. The number of aryl methyl sites for hydroxylation is 1. The van der Waals surface area contributed by atoms with E-state index in [0.717, 1.165) is 5.56 Å². The summed E-state index contributed by atoms with van der Waals surface area (Å²) >= 11 is 0. The molecule has 1 aliphatic heterocycles. The number of nitriles is 1. The van der Waals surface area contributed by atoms with E-state index in [2.05, 4.69) is 10.4 Å². The Kier molecular flexibility index (Phi) is 5.07. The molecule has 1 saturated carbocycles. The van der Waals surface area contributed by atoms with Gasteiger partial charge in [0.2, 0.25) is 10.0 Å². The Bertz CT molecular complexity index is 1210. The summed E-state index contributed by atoms with van der Waals surface area (Å²) in [4.78, 5) is 27.2. The molecule has 0 saturated heterocycles. The molecule has 1 fully saturated rings. The molecule has 10 nitrogen and oxygen atoms in total.